The first kappa shape index (κ1) is 14.8. The van der Waals surface area contributed by atoms with Crippen LogP contribution in [-0.4, -0.2) is 11.1 Å². The van der Waals surface area contributed by atoms with Crippen LogP contribution in [0.15, 0.2) is 53.0 Å². The van der Waals surface area contributed by atoms with Crippen LogP contribution in [0.5, 0.6) is 0 Å². The molecule has 0 saturated heterocycles. The van der Waals surface area contributed by atoms with Gasteiger partial charge in [-0.2, -0.15) is 0 Å². The van der Waals surface area contributed by atoms with Crippen molar-refractivity contribution in [2.45, 2.75) is 18.9 Å². The average Bonchev–Trinajstić information content (AvgIpc) is 2.38. The smallest absolute Gasteiger partial charge is 0.305 e. The van der Waals surface area contributed by atoms with Crippen molar-refractivity contribution in [2.75, 3.05) is 0 Å². The summed E-state index contributed by atoms with van der Waals surface area (Å²) in [5.74, 6) is -0.922. The van der Waals surface area contributed by atoms with Crippen molar-refractivity contribution in [2.24, 2.45) is 5.73 Å². The van der Waals surface area contributed by atoms with Crippen LogP contribution in [0.4, 0.5) is 0 Å². The molecule has 0 spiro atoms. The van der Waals surface area contributed by atoms with Gasteiger partial charge in [-0.15, -0.1) is 0 Å². The Hall–Kier alpha value is -1.65. The largest absolute Gasteiger partial charge is 0.481 e. The summed E-state index contributed by atoms with van der Waals surface area (Å²) in [5, 5.41) is 9.22. The summed E-state index contributed by atoms with van der Waals surface area (Å²) in [6.45, 7) is 1.96. The number of halogens is 1. The van der Waals surface area contributed by atoms with E-state index in [9.17, 15) is 9.90 Å². The van der Waals surface area contributed by atoms with E-state index in [0.29, 0.717) is 0 Å². The van der Waals surface area contributed by atoms with Gasteiger partial charge in [-0.1, -0.05) is 57.9 Å². The molecule has 0 heterocycles. The lowest BCUT2D eigenvalue weighted by molar-refractivity contribution is -0.138. The van der Waals surface area contributed by atoms with E-state index >= 15 is 0 Å². The number of aryl methyl sites for hydroxylation is 1. The zero-order valence-electron chi connectivity index (χ0n) is 11.1. The summed E-state index contributed by atoms with van der Waals surface area (Å²) < 4.78 is 0.878. The Balaban J connectivity index is 2.58. The fraction of sp³-hybridized carbons (Fsp3) is 0.188. The van der Waals surface area contributed by atoms with Gasteiger partial charge in [-0.25, -0.2) is 0 Å². The molecular formula is C16H16BrNO2. The number of carboxylic acid groups (broad SMARTS) is 1. The van der Waals surface area contributed by atoms with Crippen LogP contribution < -0.4 is 5.73 Å². The maximum atomic E-state index is 11.2. The Bertz CT molecular complexity index is 594. The number of rotatable bonds is 4. The summed E-state index contributed by atoms with van der Waals surface area (Å²) in [4.78, 5) is 11.2. The van der Waals surface area contributed by atoms with Gasteiger partial charge in [0.15, 0.2) is 0 Å². The Kier molecular flexibility index (Phi) is 4.26. The predicted octanol–water partition coefficient (Wildman–Crippen LogP) is 3.43. The van der Waals surface area contributed by atoms with Crippen LogP contribution in [0.3, 0.4) is 0 Å². The number of carbonyl (C=O) groups is 1. The highest BCUT2D eigenvalue weighted by Gasteiger charge is 2.32. The lowest BCUT2D eigenvalue weighted by Gasteiger charge is -2.29. The third-order valence-electron chi connectivity index (χ3n) is 3.30. The van der Waals surface area contributed by atoms with Gasteiger partial charge in [0.25, 0.3) is 0 Å². The van der Waals surface area contributed by atoms with E-state index in [1.54, 1.807) is 0 Å². The standard InChI is InChI=1S/C16H16BrNO2/c1-11-4-2-5-12(8-11)16(18,10-15(19)20)13-6-3-7-14(17)9-13/h2-9H,10,18H2,1H3,(H,19,20). The summed E-state index contributed by atoms with van der Waals surface area (Å²) in [6, 6.07) is 15.1. The molecule has 104 valence electrons. The molecule has 0 aliphatic heterocycles. The van der Waals surface area contributed by atoms with Crippen LogP contribution in [0.25, 0.3) is 0 Å². The van der Waals surface area contributed by atoms with Gasteiger partial charge in [0.1, 0.15) is 0 Å². The minimum absolute atomic E-state index is 0.160. The molecule has 20 heavy (non-hydrogen) atoms. The molecule has 0 radical (unpaired) electrons. The zero-order chi connectivity index (χ0) is 14.8. The van der Waals surface area contributed by atoms with Crippen molar-refractivity contribution in [1.82, 2.24) is 0 Å². The van der Waals surface area contributed by atoms with Crippen molar-refractivity contribution in [1.29, 1.82) is 0 Å². The summed E-state index contributed by atoms with van der Waals surface area (Å²) in [7, 11) is 0. The summed E-state index contributed by atoms with van der Waals surface area (Å²) in [5.41, 5.74) is 8.07. The Labute approximate surface area is 126 Å². The number of hydrogen-bond acceptors (Lipinski definition) is 2. The van der Waals surface area contributed by atoms with Gasteiger partial charge in [0.05, 0.1) is 12.0 Å². The molecule has 2 rings (SSSR count). The van der Waals surface area contributed by atoms with Gasteiger partial charge in [0, 0.05) is 4.47 Å². The zero-order valence-corrected chi connectivity index (χ0v) is 12.7. The average molecular weight is 334 g/mol. The molecule has 1 atom stereocenters. The molecule has 2 aromatic carbocycles. The number of benzene rings is 2. The SMILES string of the molecule is Cc1cccc(C(N)(CC(=O)O)c2cccc(Br)c2)c1. The van der Waals surface area contributed by atoms with Crippen LogP contribution in [0, 0.1) is 6.92 Å². The first-order valence-corrected chi connectivity index (χ1v) is 7.05. The van der Waals surface area contributed by atoms with E-state index in [0.717, 1.165) is 21.2 Å². The number of aliphatic carboxylic acids is 1. The third-order valence-corrected chi connectivity index (χ3v) is 3.80. The molecule has 0 saturated carbocycles. The van der Waals surface area contributed by atoms with Gasteiger partial charge >= 0.3 is 5.97 Å². The van der Waals surface area contributed by atoms with Gasteiger partial charge < -0.3 is 10.8 Å². The lowest BCUT2D eigenvalue weighted by Crippen LogP contribution is -2.40. The molecule has 0 aliphatic rings. The van der Waals surface area contributed by atoms with E-state index in [4.69, 9.17) is 5.73 Å². The first-order valence-electron chi connectivity index (χ1n) is 6.26. The van der Waals surface area contributed by atoms with Crippen molar-refractivity contribution in [3.8, 4) is 0 Å². The second-order valence-electron chi connectivity index (χ2n) is 4.92. The molecule has 0 aliphatic carbocycles. The Morgan fingerprint density at radius 2 is 1.80 bits per heavy atom. The monoisotopic (exact) mass is 333 g/mol. The van der Waals surface area contributed by atoms with Crippen LogP contribution >= 0.6 is 15.9 Å². The van der Waals surface area contributed by atoms with E-state index in [1.807, 2.05) is 55.5 Å². The summed E-state index contributed by atoms with van der Waals surface area (Å²) >= 11 is 3.40. The quantitative estimate of drug-likeness (QED) is 0.900. The van der Waals surface area contributed by atoms with Gasteiger partial charge in [-0.05, 0) is 30.2 Å². The first-order chi connectivity index (χ1) is 9.41. The highest BCUT2D eigenvalue weighted by Crippen LogP contribution is 2.32. The van der Waals surface area contributed by atoms with Crippen molar-refractivity contribution >= 4 is 21.9 Å². The van der Waals surface area contributed by atoms with Crippen LogP contribution in [0.2, 0.25) is 0 Å². The van der Waals surface area contributed by atoms with Crippen LogP contribution in [0.1, 0.15) is 23.1 Å². The topological polar surface area (TPSA) is 63.3 Å². The van der Waals surface area contributed by atoms with Crippen molar-refractivity contribution < 1.29 is 9.90 Å². The number of nitrogens with two attached hydrogens (primary N) is 1. The third kappa shape index (κ3) is 3.08. The molecular weight excluding hydrogens is 318 g/mol. The van der Waals surface area contributed by atoms with Crippen molar-refractivity contribution in [3.63, 3.8) is 0 Å². The maximum Gasteiger partial charge on any atom is 0.305 e. The molecule has 0 amide bonds. The van der Waals surface area contributed by atoms with E-state index < -0.39 is 11.5 Å². The molecule has 0 bridgehead atoms. The van der Waals surface area contributed by atoms with E-state index in [1.165, 1.54) is 0 Å². The maximum absolute atomic E-state index is 11.2. The number of hydrogen-bond donors (Lipinski definition) is 2. The highest BCUT2D eigenvalue weighted by atomic mass is 79.9. The van der Waals surface area contributed by atoms with Crippen LogP contribution in [-0.2, 0) is 10.3 Å². The minimum Gasteiger partial charge on any atom is -0.481 e. The normalized spacial score (nSPS) is 13.8. The molecule has 3 nitrogen and oxygen atoms in total. The fourth-order valence-electron chi connectivity index (χ4n) is 2.30. The fourth-order valence-corrected chi connectivity index (χ4v) is 2.70. The highest BCUT2D eigenvalue weighted by molar-refractivity contribution is 9.10. The predicted molar refractivity (Wildman–Crippen MR) is 82.5 cm³/mol. The van der Waals surface area contributed by atoms with Gasteiger partial charge in [-0.3, -0.25) is 4.79 Å². The molecule has 3 N–H and O–H groups in total. The molecule has 0 fully saturated rings. The molecule has 1 unspecified atom stereocenters. The van der Waals surface area contributed by atoms with Gasteiger partial charge in [0.2, 0.25) is 0 Å². The Morgan fingerprint density at radius 1 is 1.20 bits per heavy atom. The molecule has 0 aromatic heterocycles. The van der Waals surface area contributed by atoms with E-state index in [2.05, 4.69) is 15.9 Å². The summed E-state index contributed by atoms with van der Waals surface area (Å²) in [6.07, 6.45) is -0.160. The Morgan fingerprint density at radius 3 is 2.35 bits per heavy atom. The minimum atomic E-state index is -1.04. The lowest BCUT2D eigenvalue weighted by atomic mass is 9.80. The van der Waals surface area contributed by atoms with E-state index in [-0.39, 0.29) is 6.42 Å². The second-order valence-corrected chi connectivity index (χ2v) is 5.84. The molecule has 2 aromatic rings. The number of carboxylic acids is 1. The molecule has 4 heteroatoms. The van der Waals surface area contributed by atoms with Crippen molar-refractivity contribution in [3.05, 3.63) is 69.7 Å². The second kappa shape index (κ2) is 5.77.